The molecule has 0 aliphatic carbocycles. The molecule has 0 radical (unpaired) electrons. The van der Waals surface area contributed by atoms with Crippen LogP contribution in [-0.4, -0.2) is 45.7 Å². The number of imide groups is 1. The van der Waals surface area contributed by atoms with Crippen LogP contribution in [-0.2, 0) is 35.4 Å². The second kappa shape index (κ2) is 12.1. The normalized spacial score (nSPS) is 14.3. The summed E-state index contributed by atoms with van der Waals surface area (Å²) >= 11 is 1.41. The molecule has 1 aliphatic heterocycles. The lowest BCUT2D eigenvalue weighted by atomic mass is 9.83. The number of nitrogens with zero attached hydrogens (tertiary/aromatic N) is 1. The Morgan fingerprint density at radius 2 is 1.39 bits per heavy atom. The number of thioether (sulfide) groups is 1. The smallest absolute Gasteiger partial charge is 0.356 e. The number of nitrogens with one attached hydrogen (secondary N) is 1. The van der Waals surface area contributed by atoms with Crippen LogP contribution in [0.2, 0.25) is 0 Å². The molecule has 0 spiro atoms. The van der Waals surface area contributed by atoms with Crippen LogP contribution < -0.4 is 5.32 Å². The first-order chi connectivity index (χ1) is 18.3. The van der Waals surface area contributed by atoms with Gasteiger partial charge in [0.15, 0.2) is 0 Å². The Bertz CT molecular complexity index is 1240. The van der Waals surface area contributed by atoms with Gasteiger partial charge in [0.1, 0.15) is 6.04 Å². The molecule has 3 aromatic carbocycles. The first-order valence-corrected chi connectivity index (χ1v) is 13.1. The van der Waals surface area contributed by atoms with Crippen molar-refractivity contribution < 1.29 is 29.1 Å². The van der Waals surface area contributed by atoms with Crippen LogP contribution in [0.5, 0.6) is 0 Å². The molecular weight excluding hydrogens is 504 g/mol. The third kappa shape index (κ3) is 5.79. The van der Waals surface area contributed by atoms with Gasteiger partial charge in [0.25, 0.3) is 11.8 Å². The van der Waals surface area contributed by atoms with Crippen molar-refractivity contribution in [1.29, 1.82) is 0 Å². The molecule has 0 saturated carbocycles. The minimum absolute atomic E-state index is 0.0272. The van der Waals surface area contributed by atoms with Gasteiger partial charge in [0, 0.05) is 25.5 Å². The number of aliphatic hydroxyl groups excluding tert-OH is 1. The second-order valence-corrected chi connectivity index (χ2v) is 10.1. The zero-order valence-corrected chi connectivity index (χ0v) is 21.6. The number of hydroxylamine groups is 2. The highest BCUT2D eigenvalue weighted by molar-refractivity contribution is 8.00. The maximum Gasteiger partial charge on any atom is 0.356 e. The largest absolute Gasteiger partial charge is 0.392 e. The summed E-state index contributed by atoms with van der Waals surface area (Å²) < 4.78 is -0.813. The summed E-state index contributed by atoms with van der Waals surface area (Å²) in [5.74, 6) is -2.47. The Labute approximate surface area is 224 Å². The summed E-state index contributed by atoms with van der Waals surface area (Å²) in [4.78, 5) is 54.3. The van der Waals surface area contributed by atoms with Crippen LogP contribution in [0.25, 0.3) is 0 Å². The predicted molar refractivity (Wildman–Crippen MR) is 142 cm³/mol. The molecule has 3 aromatic rings. The van der Waals surface area contributed by atoms with E-state index in [9.17, 15) is 24.3 Å². The van der Waals surface area contributed by atoms with E-state index in [1.165, 1.54) is 18.7 Å². The SMILES string of the molecule is CC(=O)N[C@@H](CSC(c1ccccc1)(c1ccccc1)c1ccc(CO)cc1)C(=O)ON1C(=O)CCC1=O. The van der Waals surface area contributed by atoms with Gasteiger partial charge in [-0.3, -0.25) is 14.4 Å². The lowest BCUT2D eigenvalue weighted by molar-refractivity contribution is -0.198. The van der Waals surface area contributed by atoms with Gasteiger partial charge in [-0.05, 0) is 22.3 Å². The standard InChI is InChI=1S/C29H28N2O6S/c1-20(33)30-25(28(36)37-31-26(34)16-17-27(31)35)19-38-29(22-8-4-2-5-9-22,23-10-6-3-7-11-23)24-14-12-21(18-32)13-15-24/h2-15,25,32H,16-19H2,1H3,(H,30,33)/t25-/m0/s1. The molecule has 2 N–H and O–H groups in total. The number of hydrogen-bond acceptors (Lipinski definition) is 7. The molecule has 1 heterocycles. The maximum atomic E-state index is 13.1. The van der Waals surface area contributed by atoms with Gasteiger partial charge in [-0.1, -0.05) is 84.9 Å². The quantitative estimate of drug-likeness (QED) is 0.304. The van der Waals surface area contributed by atoms with E-state index in [0.717, 1.165) is 22.3 Å². The summed E-state index contributed by atoms with van der Waals surface area (Å²) in [5, 5.41) is 12.7. The first-order valence-electron chi connectivity index (χ1n) is 12.1. The fraction of sp³-hybridized carbons (Fsp3) is 0.241. The second-order valence-electron chi connectivity index (χ2n) is 8.82. The summed E-state index contributed by atoms with van der Waals surface area (Å²) in [6.07, 6.45) is -0.0543. The van der Waals surface area contributed by atoms with E-state index in [1.54, 1.807) is 0 Å². The molecule has 0 unspecified atom stereocenters. The number of rotatable bonds is 10. The Morgan fingerprint density at radius 3 is 1.87 bits per heavy atom. The van der Waals surface area contributed by atoms with Gasteiger partial charge in [0.05, 0.1) is 11.4 Å². The number of aliphatic hydroxyl groups is 1. The van der Waals surface area contributed by atoms with E-state index < -0.39 is 34.5 Å². The van der Waals surface area contributed by atoms with E-state index in [-0.39, 0.29) is 25.2 Å². The topological polar surface area (TPSA) is 113 Å². The minimum atomic E-state index is -1.14. The lowest BCUT2D eigenvalue weighted by Crippen LogP contribution is -2.47. The number of carbonyl (C=O) groups excluding carboxylic acids is 4. The van der Waals surface area contributed by atoms with Gasteiger partial charge in [-0.25, -0.2) is 4.79 Å². The van der Waals surface area contributed by atoms with E-state index in [4.69, 9.17) is 4.84 Å². The Kier molecular flexibility index (Phi) is 8.60. The molecular formula is C29H28N2O6S. The summed E-state index contributed by atoms with van der Waals surface area (Å²) in [5.41, 5.74) is 3.53. The van der Waals surface area contributed by atoms with Crippen molar-refractivity contribution in [1.82, 2.24) is 10.4 Å². The van der Waals surface area contributed by atoms with Gasteiger partial charge in [-0.15, -0.1) is 16.8 Å². The summed E-state index contributed by atoms with van der Waals surface area (Å²) in [6, 6.07) is 26.0. The van der Waals surface area contributed by atoms with Crippen LogP contribution in [0.1, 0.15) is 42.0 Å². The van der Waals surface area contributed by atoms with Crippen molar-refractivity contribution >= 4 is 35.5 Å². The summed E-state index contributed by atoms with van der Waals surface area (Å²) in [7, 11) is 0. The van der Waals surface area contributed by atoms with E-state index in [2.05, 4.69) is 5.32 Å². The first kappa shape index (κ1) is 27.1. The van der Waals surface area contributed by atoms with E-state index in [0.29, 0.717) is 5.06 Å². The average Bonchev–Trinajstić information content (AvgIpc) is 3.26. The van der Waals surface area contributed by atoms with E-state index in [1.807, 2.05) is 84.9 Å². The molecule has 196 valence electrons. The lowest BCUT2D eigenvalue weighted by Gasteiger charge is -2.36. The minimum Gasteiger partial charge on any atom is -0.392 e. The van der Waals surface area contributed by atoms with Gasteiger partial charge in [-0.2, -0.15) is 0 Å². The molecule has 1 fully saturated rings. The van der Waals surface area contributed by atoms with Crippen LogP contribution >= 0.6 is 11.8 Å². The molecule has 8 nitrogen and oxygen atoms in total. The maximum absolute atomic E-state index is 13.1. The van der Waals surface area contributed by atoms with Gasteiger partial charge < -0.3 is 15.3 Å². The van der Waals surface area contributed by atoms with Crippen LogP contribution in [0.4, 0.5) is 0 Å². The molecule has 1 saturated heterocycles. The molecule has 9 heteroatoms. The summed E-state index contributed by atoms with van der Waals surface area (Å²) in [6.45, 7) is 1.19. The monoisotopic (exact) mass is 532 g/mol. The van der Waals surface area contributed by atoms with Crippen molar-refractivity contribution in [2.24, 2.45) is 0 Å². The average molecular weight is 533 g/mol. The third-order valence-corrected chi connectivity index (χ3v) is 7.86. The van der Waals surface area contributed by atoms with Crippen molar-refractivity contribution in [3.8, 4) is 0 Å². The van der Waals surface area contributed by atoms with Crippen LogP contribution in [0.3, 0.4) is 0 Å². The Morgan fingerprint density at radius 1 is 0.895 bits per heavy atom. The highest BCUT2D eigenvalue weighted by Gasteiger charge is 2.40. The van der Waals surface area contributed by atoms with E-state index >= 15 is 0 Å². The zero-order chi connectivity index (χ0) is 27.1. The van der Waals surface area contributed by atoms with Gasteiger partial charge >= 0.3 is 5.97 Å². The van der Waals surface area contributed by atoms with Crippen LogP contribution in [0.15, 0.2) is 84.9 Å². The zero-order valence-electron chi connectivity index (χ0n) is 20.8. The van der Waals surface area contributed by atoms with Crippen molar-refractivity contribution in [2.45, 2.75) is 37.2 Å². The van der Waals surface area contributed by atoms with Crippen molar-refractivity contribution in [2.75, 3.05) is 5.75 Å². The van der Waals surface area contributed by atoms with Gasteiger partial charge in [0.2, 0.25) is 5.91 Å². The molecule has 4 rings (SSSR count). The fourth-order valence-corrected chi connectivity index (χ4v) is 5.92. The van der Waals surface area contributed by atoms with Crippen molar-refractivity contribution in [3.05, 3.63) is 107 Å². The van der Waals surface area contributed by atoms with Crippen LogP contribution in [0, 0.1) is 0 Å². The molecule has 1 atom stereocenters. The molecule has 0 bridgehead atoms. The third-order valence-electron chi connectivity index (χ3n) is 6.22. The molecule has 38 heavy (non-hydrogen) atoms. The Balaban J connectivity index is 1.75. The number of hydrogen-bond donors (Lipinski definition) is 2. The number of benzene rings is 3. The fourth-order valence-electron chi connectivity index (χ4n) is 4.37. The number of amides is 3. The molecule has 3 amide bonds. The van der Waals surface area contributed by atoms with Crippen molar-refractivity contribution in [3.63, 3.8) is 0 Å². The molecule has 0 aromatic heterocycles. The predicted octanol–water partition coefficient (Wildman–Crippen LogP) is 3.32. The molecule has 1 aliphatic rings. The highest BCUT2D eigenvalue weighted by atomic mass is 32.2. The highest BCUT2D eigenvalue weighted by Crippen LogP contribution is 2.48. The Hall–Kier alpha value is -3.95. The number of carbonyl (C=O) groups is 4.